The van der Waals surface area contributed by atoms with Gasteiger partial charge in [-0.25, -0.2) is 4.79 Å². The van der Waals surface area contributed by atoms with Gasteiger partial charge in [-0.1, -0.05) is 12.1 Å². The number of nitrogens with one attached hydrogen (secondary N) is 1. The second kappa shape index (κ2) is 5.66. The zero-order valence-electron chi connectivity index (χ0n) is 14.3. The van der Waals surface area contributed by atoms with Gasteiger partial charge in [0.2, 0.25) is 0 Å². The molecule has 5 atom stereocenters. The number of urea groups is 1. The van der Waals surface area contributed by atoms with Gasteiger partial charge in [0.05, 0.1) is 12.1 Å². The number of phenolic OH excluding ortho intramolecular Hbond substituents is 1. The van der Waals surface area contributed by atoms with E-state index in [1.807, 2.05) is 30.9 Å². The summed E-state index contributed by atoms with van der Waals surface area (Å²) in [5.41, 5.74) is 2.85. The fourth-order valence-electron chi connectivity index (χ4n) is 5.25. The van der Waals surface area contributed by atoms with Gasteiger partial charge in [-0.15, -0.1) is 0 Å². The highest BCUT2D eigenvalue weighted by Gasteiger charge is 2.59. The molecule has 0 aromatic heterocycles. The Morgan fingerprint density at radius 3 is 2.62 bits per heavy atom. The van der Waals surface area contributed by atoms with E-state index in [1.54, 1.807) is 0 Å². The molecule has 5 heteroatoms. The van der Waals surface area contributed by atoms with Crippen LogP contribution in [-0.2, 0) is 6.42 Å². The predicted molar refractivity (Wildman–Crippen MR) is 90.9 cm³/mol. The van der Waals surface area contributed by atoms with Gasteiger partial charge in [0, 0.05) is 13.1 Å². The predicted octanol–water partition coefficient (Wildman–Crippen LogP) is 1.96. The summed E-state index contributed by atoms with van der Waals surface area (Å²) in [6.45, 7) is 5.15. The molecule has 4 rings (SSSR count). The van der Waals surface area contributed by atoms with Crippen molar-refractivity contribution in [1.29, 1.82) is 0 Å². The van der Waals surface area contributed by atoms with Crippen molar-refractivity contribution in [3.05, 3.63) is 28.8 Å². The standard InChI is InChI=1S/C19H26N2O3/c1-10-5-12(6-11(2)17(10)22)3-4-20-19(24)21-9-14-7-13-8-15(14)16(21)18(13)23/h5-6,13-16,18,22-23H,3-4,7-9H2,1-2H3,(H,20,24)/t13-,14-,15+,16-,18-/m0/s1. The van der Waals surface area contributed by atoms with Crippen LogP contribution in [0.2, 0.25) is 0 Å². The number of aromatic hydroxyl groups is 1. The Bertz CT molecular complexity index is 650. The van der Waals surface area contributed by atoms with Crippen LogP contribution in [0.25, 0.3) is 0 Å². The highest BCUT2D eigenvalue weighted by molar-refractivity contribution is 5.75. The summed E-state index contributed by atoms with van der Waals surface area (Å²) in [6.07, 6.45) is 2.58. The number of nitrogens with zero attached hydrogens (tertiary/aromatic N) is 1. The van der Waals surface area contributed by atoms with E-state index in [2.05, 4.69) is 5.32 Å². The average molecular weight is 330 g/mol. The number of fused-ring (bicyclic) bond motifs is 1. The number of aliphatic hydroxyl groups is 1. The summed E-state index contributed by atoms with van der Waals surface area (Å²) in [5, 5.41) is 23.2. The quantitative estimate of drug-likeness (QED) is 0.793. The molecule has 0 radical (unpaired) electrons. The third-order valence-corrected chi connectivity index (χ3v) is 6.35. The molecule has 3 aliphatic rings. The van der Waals surface area contributed by atoms with Crippen molar-refractivity contribution >= 4 is 6.03 Å². The van der Waals surface area contributed by atoms with Crippen LogP contribution < -0.4 is 5.32 Å². The van der Waals surface area contributed by atoms with Crippen molar-refractivity contribution in [2.24, 2.45) is 17.8 Å². The maximum absolute atomic E-state index is 12.5. The molecule has 0 unspecified atom stereocenters. The largest absolute Gasteiger partial charge is 0.507 e. The first-order valence-corrected chi connectivity index (χ1v) is 8.97. The van der Waals surface area contributed by atoms with Crippen LogP contribution in [-0.4, -0.2) is 46.4 Å². The Hall–Kier alpha value is -1.75. The van der Waals surface area contributed by atoms with Gasteiger partial charge in [-0.2, -0.15) is 0 Å². The molecule has 1 heterocycles. The first kappa shape index (κ1) is 15.8. The monoisotopic (exact) mass is 330 g/mol. The van der Waals surface area contributed by atoms with Crippen LogP contribution in [0.4, 0.5) is 4.79 Å². The van der Waals surface area contributed by atoms with Crippen molar-refractivity contribution in [1.82, 2.24) is 10.2 Å². The zero-order chi connectivity index (χ0) is 17.0. The molecule has 2 bridgehead atoms. The topological polar surface area (TPSA) is 72.8 Å². The summed E-state index contributed by atoms with van der Waals surface area (Å²) in [5.74, 6) is 1.86. The number of likely N-dealkylation sites (tertiary alicyclic amines) is 1. The molecule has 0 spiro atoms. The first-order chi connectivity index (χ1) is 11.5. The van der Waals surface area contributed by atoms with E-state index in [-0.39, 0.29) is 18.2 Å². The molecule has 2 aliphatic carbocycles. The van der Waals surface area contributed by atoms with Gasteiger partial charge in [0.1, 0.15) is 5.75 Å². The van der Waals surface area contributed by atoms with Gasteiger partial charge in [-0.3, -0.25) is 0 Å². The molecule has 5 nitrogen and oxygen atoms in total. The Balaban J connectivity index is 1.35. The van der Waals surface area contributed by atoms with E-state index in [4.69, 9.17) is 0 Å². The molecule has 1 aromatic rings. The summed E-state index contributed by atoms with van der Waals surface area (Å²) in [7, 11) is 0. The molecule has 2 amide bonds. The highest BCUT2D eigenvalue weighted by atomic mass is 16.3. The minimum absolute atomic E-state index is 0.0342. The number of hydrogen-bond acceptors (Lipinski definition) is 3. The molecule has 1 aromatic carbocycles. The maximum atomic E-state index is 12.5. The molecule has 130 valence electrons. The molecular formula is C19H26N2O3. The van der Waals surface area contributed by atoms with E-state index in [1.165, 1.54) is 0 Å². The third-order valence-electron chi connectivity index (χ3n) is 6.35. The lowest BCUT2D eigenvalue weighted by molar-refractivity contribution is 0.0609. The number of aliphatic hydroxyl groups excluding tert-OH is 1. The van der Waals surface area contributed by atoms with Crippen molar-refractivity contribution in [3.63, 3.8) is 0 Å². The van der Waals surface area contributed by atoms with Gasteiger partial charge in [-0.05, 0) is 67.6 Å². The maximum Gasteiger partial charge on any atom is 0.317 e. The van der Waals surface area contributed by atoms with Crippen molar-refractivity contribution in [2.45, 2.75) is 45.3 Å². The highest BCUT2D eigenvalue weighted by Crippen LogP contribution is 2.54. The van der Waals surface area contributed by atoms with Gasteiger partial charge < -0.3 is 20.4 Å². The molecule has 1 saturated heterocycles. The number of phenols is 1. The minimum atomic E-state index is -0.332. The van der Waals surface area contributed by atoms with Crippen LogP contribution in [0.5, 0.6) is 5.75 Å². The van der Waals surface area contributed by atoms with Crippen molar-refractivity contribution in [2.75, 3.05) is 13.1 Å². The lowest BCUT2D eigenvalue weighted by Crippen LogP contribution is -2.48. The zero-order valence-corrected chi connectivity index (χ0v) is 14.3. The summed E-state index contributed by atoms with van der Waals surface area (Å²) in [4.78, 5) is 14.4. The van der Waals surface area contributed by atoms with Crippen LogP contribution in [0.15, 0.2) is 12.1 Å². The fraction of sp³-hybridized carbons (Fsp3) is 0.632. The fourth-order valence-corrected chi connectivity index (χ4v) is 5.25. The number of aryl methyl sites for hydroxylation is 2. The van der Waals surface area contributed by atoms with Crippen molar-refractivity contribution in [3.8, 4) is 5.75 Å². The van der Waals surface area contributed by atoms with E-state index in [9.17, 15) is 15.0 Å². The van der Waals surface area contributed by atoms with Crippen LogP contribution in [0, 0.1) is 31.6 Å². The Morgan fingerprint density at radius 1 is 1.25 bits per heavy atom. The Labute approximate surface area is 142 Å². The van der Waals surface area contributed by atoms with E-state index in [0.29, 0.717) is 30.0 Å². The molecule has 2 saturated carbocycles. The Kier molecular flexibility index (Phi) is 3.71. The lowest BCUT2D eigenvalue weighted by Gasteiger charge is -2.29. The lowest BCUT2D eigenvalue weighted by atomic mass is 9.88. The number of benzene rings is 1. The smallest absolute Gasteiger partial charge is 0.317 e. The number of rotatable bonds is 3. The number of carbonyl (C=O) groups is 1. The second-order valence-corrected chi connectivity index (χ2v) is 7.85. The van der Waals surface area contributed by atoms with Gasteiger partial charge >= 0.3 is 6.03 Å². The van der Waals surface area contributed by atoms with E-state index < -0.39 is 0 Å². The SMILES string of the molecule is Cc1cc(CCNC(=O)N2C[C@@H]3C[C@H]4C[C@H]3[C@H]2[C@H]4O)cc(C)c1O. The number of carbonyl (C=O) groups excluding carboxylic acids is 1. The van der Waals surface area contributed by atoms with E-state index >= 15 is 0 Å². The van der Waals surface area contributed by atoms with Gasteiger partial charge in [0.25, 0.3) is 0 Å². The molecule has 1 aliphatic heterocycles. The van der Waals surface area contributed by atoms with Crippen LogP contribution >= 0.6 is 0 Å². The van der Waals surface area contributed by atoms with E-state index in [0.717, 1.165) is 42.5 Å². The molecule has 3 N–H and O–H groups in total. The molecular weight excluding hydrogens is 304 g/mol. The summed E-state index contributed by atoms with van der Waals surface area (Å²) < 4.78 is 0. The molecule has 3 fully saturated rings. The first-order valence-electron chi connectivity index (χ1n) is 8.97. The minimum Gasteiger partial charge on any atom is -0.507 e. The average Bonchev–Trinajstić information content (AvgIpc) is 3.14. The molecule has 24 heavy (non-hydrogen) atoms. The van der Waals surface area contributed by atoms with Crippen molar-refractivity contribution < 1.29 is 15.0 Å². The van der Waals surface area contributed by atoms with Gasteiger partial charge in [0.15, 0.2) is 0 Å². The summed E-state index contributed by atoms with van der Waals surface area (Å²) >= 11 is 0. The number of hydrogen-bond donors (Lipinski definition) is 3. The Morgan fingerprint density at radius 2 is 1.96 bits per heavy atom. The van der Waals surface area contributed by atoms with Crippen LogP contribution in [0.3, 0.4) is 0 Å². The third kappa shape index (κ3) is 2.37. The normalized spacial score (nSPS) is 33.3. The second-order valence-electron chi connectivity index (χ2n) is 7.85. The summed E-state index contributed by atoms with van der Waals surface area (Å²) in [6, 6.07) is 3.93. The number of amides is 2. The van der Waals surface area contributed by atoms with Crippen LogP contribution in [0.1, 0.15) is 29.5 Å².